The maximum absolute atomic E-state index is 10.4. The summed E-state index contributed by atoms with van der Waals surface area (Å²) < 4.78 is 21.9. The van der Waals surface area contributed by atoms with E-state index >= 15 is 0 Å². The first-order chi connectivity index (χ1) is 15.2. The zero-order valence-electron chi connectivity index (χ0n) is 18.4. The smallest absolute Gasteiger partial charge is 0.189 e. The Morgan fingerprint density at radius 3 is 1.97 bits per heavy atom. The standard InChI is InChI=1S/C26H32O5/c1-3-28-20-30-25-17-24(18-26(19-25)31-21-29-4-2)14-13-23-12-9-11-22(16-23)10-7-5-6-8-15-27/h7,9-19H,3-6,8,20-21H2,1-2H3. The molecule has 5 nitrogen and oxygen atoms in total. The molecule has 0 fully saturated rings. The van der Waals surface area contributed by atoms with Crippen molar-refractivity contribution in [3.63, 3.8) is 0 Å². The Morgan fingerprint density at radius 1 is 0.742 bits per heavy atom. The molecule has 0 spiro atoms. The van der Waals surface area contributed by atoms with Gasteiger partial charge in [-0.2, -0.15) is 0 Å². The first-order valence-electron chi connectivity index (χ1n) is 10.7. The van der Waals surface area contributed by atoms with Crippen LogP contribution in [0, 0.1) is 0 Å². The van der Waals surface area contributed by atoms with Gasteiger partial charge in [0.15, 0.2) is 13.6 Å². The number of aldehydes is 1. The Kier molecular flexibility index (Phi) is 11.8. The lowest BCUT2D eigenvalue weighted by atomic mass is 10.1. The van der Waals surface area contributed by atoms with Crippen molar-refractivity contribution in [2.24, 2.45) is 0 Å². The third-order valence-electron chi connectivity index (χ3n) is 4.31. The summed E-state index contributed by atoms with van der Waals surface area (Å²) in [6.45, 7) is 5.41. The van der Waals surface area contributed by atoms with Gasteiger partial charge in [0, 0.05) is 25.7 Å². The molecule has 0 aliphatic rings. The summed E-state index contributed by atoms with van der Waals surface area (Å²) in [6.07, 6.45) is 11.6. The largest absolute Gasteiger partial charge is 0.467 e. The lowest BCUT2D eigenvalue weighted by Crippen LogP contribution is -2.04. The van der Waals surface area contributed by atoms with Crippen LogP contribution in [-0.2, 0) is 14.3 Å². The minimum Gasteiger partial charge on any atom is -0.467 e. The number of benzene rings is 2. The fraction of sp³-hybridized carbons (Fsp3) is 0.346. The van der Waals surface area contributed by atoms with Gasteiger partial charge in [-0.1, -0.05) is 42.5 Å². The molecule has 0 saturated heterocycles. The number of carbonyl (C=O) groups is 1. The topological polar surface area (TPSA) is 54.0 Å². The fourth-order valence-corrected chi connectivity index (χ4v) is 2.74. The first kappa shape index (κ1) is 24.4. The Morgan fingerprint density at radius 2 is 1.35 bits per heavy atom. The van der Waals surface area contributed by atoms with Crippen LogP contribution in [0.2, 0.25) is 0 Å². The summed E-state index contributed by atoms with van der Waals surface area (Å²) in [6, 6.07) is 14.0. The molecule has 0 aromatic heterocycles. The number of rotatable bonds is 15. The van der Waals surface area contributed by atoms with Crippen molar-refractivity contribution in [2.75, 3.05) is 26.8 Å². The predicted molar refractivity (Wildman–Crippen MR) is 125 cm³/mol. The van der Waals surface area contributed by atoms with Gasteiger partial charge in [0.25, 0.3) is 0 Å². The van der Waals surface area contributed by atoms with Gasteiger partial charge in [-0.05, 0) is 61.6 Å². The molecular weight excluding hydrogens is 392 g/mol. The van der Waals surface area contributed by atoms with Crippen molar-refractivity contribution < 1.29 is 23.7 Å². The molecule has 0 aliphatic carbocycles. The summed E-state index contributed by atoms with van der Waals surface area (Å²) in [4.78, 5) is 10.4. The molecule has 166 valence electrons. The van der Waals surface area contributed by atoms with E-state index in [1.165, 1.54) is 0 Å². The highest BCUT2D eigenvalue weighted by Gasteiger charge is 2.03. The Bertz CT molecular complexity index is 813. The predicted octanol–water partition coefficient (Wildman–Crippen LogP) is 5.99. The molecule has 0 atom stereocenters. The van der Waals surface area contributed by atoms with Crippen molar-refractivity contribution in [2.45, 2.75) is 33.1 Å². The van der Waals surface area contributed by atoms with E-state index in [-0.39, 0.29) is 13.6 Å². The van der Waals surface area contributed by atoms with E-state index in [9.17, 15) is 4.79 Å². The van der Waals surface area contributed by atoms with E-state index in [1.807, 2.05) is 44.2 Å². The third-order valence-corrected chi connectivity index (χ3v) is 4.31. The maximum atomic E-state index is 10.4. The molecule has 0 unspecified atom stereocenters. The Labute approximate surface area is 185 Å². The SMILES string of the molecule is CCOCOc1cc(C=Cc2cccc(C=CCCCC=O)c2)cc(OCOCC)c1. The van der Waals surface area contributed by atoms with Crippen molar-refractivity contribution in [1.29, 1.82) is 0 Å². The highest BCUT2D eigenvalue weighted by molar-refractivity contribution is 5.72. The third kappa shape index (κ3) is 10.1. The first-order valence-corrected chi connectivity index (χ1v) is 10.7. The van der Waals surface area contributed by atoms with E-state index in [0.29, 0.717) is 31.1 Å². The lowest BCUT2D eigenvalue weighted by molar-refractivity contribution is -0.107. The van der Waals surface area contributed by atoms with E-state index in [4.69, 9.17) is 18.9 Å². The summed E-state index contributed by atoms with van der Waals surface area (Å²) in [5, 5.41) is 0. The van der Waals surface area contributed by atoms with Gasteiger partial charge in [-0.3, -0.25) is 0 Å². The van der Waals surface area contributed by atoms with Crippen LogP contribution in [0.4, 0.5) is 0 Å². The van der Waals surface area contributed by atoms with E-state index < -0.39 is 0 Å². The van der Waals surface area contributed by atoms with Gasteiger partial charge in [-0.25, -0.2) is 0 Å². The molecule has 2 rings (SSSR count). The van der Waals surface area contributed by atoms with E-state index in [2.05, 4.69) is 36.4 Å². The number of unbranched alkanes of at least 4 members (excludes halogenated alkanes) is 2. The molecule has 0 bridgehead atoms. The summed E-state index contributed by atoms with van der Waals surface area (Å²) >= 11 is 0. The molecule has 2 aromatic carbocycles. The van der Waals surface area contributed by atoms with Gasteiger partial charge < -0.3 is 23.7 Å². The number of carbonyl (C=O) groups excluding carboxylic acids is 1. The van der Waals surface area contributed by atoms with E-state index in [0.717, 1.165) is 35.8 Å². The highest BCUT2D eigenvalue weighted by atomic mass is 16.7. The summed E-state index contributed by atoms with van der Waals surface area (Å²) in [7, 11) is 0. The van der Waals surface area contributed by atoms with Crippen molar-refractivity contribution in [3.05, 3.63) is 65.2 Å². The van der Waals surface area contributed by atoms with Gasteiger partial charge in [-0.15, -0.1) is 0 Å². The normalized spacial score (nSPS) is 11.3. The highest BCUT2D eigenvalue weighted by Crippen LogP contribution is 2.25. The molecule has 5 heteroatoms. The molecule has 2 aromatic rings. The summed E-state index contributed by atoms with van der Waals surface area (Å²) in [5.74, 6) is 1.35. The number of allylic oxidation sites excluding steroid dienone is 1. The fourth-order valence-electron chi connectivity index (χ4n) is 2.74. The zero-order valence-corrected chi connectivity index (χ0v) is 18.4. The molecule has 0 amide bonds. The van der Waals surface area contributed by atoms with Crippen molar-refractivity contribution in [1.82, 2.24) is 0 Å². The molecule has 0 aliphatic heterocycles. The zero-order chi connectivity index (χ0) is 22.2. The lowest BCUT2D eigenvalue weighted by Gasteiger charge is -2.11. The molecule has 31 heavy (non-hydrogen) atoms. The van der Waals surface area contributed by atoms with Crippen LogP contribution in [0.15, 0.2) is 48.5 Å². The molecule has 0 radical (unpaired) electrons. The van der Waals surface area contributed by atoms with Gasteiger partial charge in [0.1, 0.15) is 17.8 Å². The van der Waals surface area contributed by atoms with Gasteiger partial charge in [0.2, 0.25) is 0 Å². The Hall–Kier alpha value is -2.89. The average molecular weight is 425 g/mol. The second-order valence-corrected chi connectivity index (χ2v) is 6.75. The second-order valence-electron chi connectivity index (χ2n) is 6.75. The van der Waals surface area contributed by atoms with E-state index in [1.54, 1.807) is 0 Å². The minimum absolute atomic E-state index is 0.190. The summed E-state index contributed by atoms with van der Waals surface area (Å²) in [5.41, 5.74) is 3.17. The van der Waals surface area contributed by atoms with Crippen LogP contribution < -0.4 is 9.47 Å². The van der Waals surface area contributed by atoms with Crippen LogP contribution >= 0.6 is 0 Å². The maximum Gasteiger partial charge on any atom is 0.189 e. The van der Waals surface area contributed by atoms with Gasteiger partial charge in [0.05, 0.1) is 0 Å². The second kappa shape index (κ2) is 15.0. The number of hydrogen-bond donors (Lipinski definition) is 0. The van der Waals surface area contributed by atoms with Crippen LogP contribution in [0.3, 0.4) is 0 Å². The monoisotopic (exact) mass is 424 g/mol. The van der Waals surface area contributed by atoms with Crippen LogP contribution in [0.1, 0.15) is 49.8 Å². The van der Waals surface area contributed by atoms with Gasteiger partial charge >= 0.3 is 0 Å². The molecule has 0 saturated carbocycles. The molecule has 0 heterocycles. The van der Waals surface area contributed by atoms with Crippen molar-refractivity contribution >= 4 is 24.5 Å². The van der Waals surface area contributed by atoms with Crippen LogP contribution in [0.5, 0.6) is 11.5 Å². The molecular formula is C26H32O5. The number of hydrogen-bond acceptors (Lipinski definition) is 5. The Balaban J connectivity index is 2.09. The quantitative estimate of drug-likeness (QED) is 0.152. The van der Waals surface area contributed by atoms with Crippen molar-refractivity contribution in [3.8, 4) is 11.5 Å². The number of ether oxygens (including phenoxy) is 4. The van der Waals surface area contributed by atoms with Crippen LogP contribution in [0.25, 0.3) is 18.2 Å². The minimum atomic E-state index is 0.190. The van der Waals surface area contributed by atoms with Crippen LogP contribution in [-0.4, -0.2) is 33.1 Å². The average Bonchev–Trinajstić information content (AvgIpc) is 2.78. The molecule has 0 N–H and O–H groups in total.